The SMILES string of the molecule is C[C@@H](C1CC1)N(C(=O)CSCC1CC1)C1CC1. The lowest BCUT2D eigenvalue weighted by atomic mass is 10.2. The first kappa shape index (κ1) is 11.9. The highest BCUT2D eigenvalue weighted by molar-refractivity contribution is 7.99. The van der Waals surface area contributed by atoms with Crippen molar-refractivity contribution in [1.29, 1.82) is 0 Å². The third-order valence-electron chi connectivity index (χ3n) is 4.25. The van der Waals surface area contributed by atoms with E-state index in [1.165, 1.54) is 44.3 Å². The van der Waals surface area contributed by atoms with E-state index < -0.39 is 0 Å². The molecule has 3 saturated carbocycles. The van der Waals surface area contributed by atoms with Gasteiger partial charge in [0.2, 0.25) is 5.91 Å². The van der Waals surface area contributed by atoms with Crippen molar-refractivity contribution in [3.05, 3.63) is 0 Å². The molecular weight excluding hydrogens is 230 g/mol. The monoisotopic (exact) mass is 253 g/mol. The topological polar surface area (TPSA) is 20.3 Å². The molecule has 3 heteroatoms. The second kappa shape index (κ2) is 4.83. The molecule has 3 rings (SSSR count). The molecule has 0 heterocycles. The van der Waals surface area contributed by atoms with Gasteiger partial charge >= 0.3 is 0 Å². The van der Waals surface area contributed by atoms with Crippen LogP contribution in [0.4, 0.5) is 0 Å². The van der Waals surface area contributed by atoms with Gasteiger partial charge < -0.3 is 4.90 Å². The molecule has 0 N–H and O–H groups in total. The number of carbonyl (C=O) groups excluding carboxylic acids is 1. The van der Waals surface area contributed by atoms with Gasteiger partial charge in [0, 0.05) is 12.1 Å². The van der Waals surface area contributed by atoms with Gasteiger partial charge in [0.05, 0.1) is 5.75 Å². The van der Waals surface area contributed by atoms with Crippen LogP contribution in [0.3, 0.4) is 0 Å². The zero-order chi connectivity index (χ0) is 11.8. The van der Waals surface area contributed by atoms with Crippen molar-refractivity contribution in [3.8, 4) is 0 Å². The van der Waals surface area contributed by atoms with Crippen LogP contribution in [-0.4, -0.2) is 34.4 Å². The van der Waals surface area contributed by atoms with Crippen LogP contribution in [0.25, 0.3) is 0 Å². The van der Waals surface area contributed by atoms with Crippen LogP contribution in [0.1, 0.15) is 45.4 Å². The molecule has 0 radical (unpaired) electrons. The van der Waals surface area contributed by atoms with Crippen molar-refractivity contribution in [2.75, 3.05) is 11.5 Å². The van der Waals surface area contributed by atoms with Gasteiger partial charge in [0.25, 0.3) is 0 Å². The van der Waals surface area contributed by atoms with Crippen LogP contribution in [0.5, 0.6) is 0 Å². The maximum atomic E-state index is 12.3. The quantitative estimate of drug-likeness (QED) is 0.695. The molecule has 1 amide bonds. The van der Waals surface area contributed by atoms with E-state index in [1.807, 2.05) is 11.8 Å². The van der Waals surface area contributed by atoms with E-state index in [1.54, 1.807) is 0 Å². The van der Waals surface area contributed by atoms with Gasteiger partial charge in [0.15, 0.2) is 0 Å². The van der Waals surface area contributed by atoms with E-state index in [0.29, 0.717) is 18.0 Å². The number of carbonyl (C=O) groups is 1. The smallest absolute Gasteiger partial charge is 0.233 e. The molecule has 0 bridgehead atoms. The second-order valence-electron chi connectivity index (χ2n) is 6.07. The standard InChI is InChI=1S/C14H23NOS/c1-10(12-4-5-12)15(13-6-7-13)14(16)9-17-8-11-2-3-11/h10-13H,2-9H2,1H3/t10-/m0/s1. The maximum Gasteiger partial charge on any atom is 0.233 e. The van der Waals surface area contributed by atoms with Crippen LogP contribution < -0.4 is 0 Å². The highest BCUT2D eigenvalue weighted by Crippen LogP contribution is 2.40. The molecule has 96 valence electrons. The van der Waals surface area contributed by atoms with Crippen LogP contribution in [-0.2, 0) is 4.79 Å². The van der Waals surface area contributed by atoms with Crippen molar-refractivity contribution in [1.82, 2.24) is 4.90 Å². The van der Waals surface area contributed by atoms with Gasteiger partial charge in [-0.1, -0.05) is 0 Å². The lowest BCUT2D eigenvalue weighted by Crippen LogP contribution is -2.42. The highest BCUT2D eigenvalue weighted by Gasteiger charge is 2.41. The first-order chi connectivity index (χ1) is 8.25. The Labute approximate surface area is 109 Å². The predicted octanol–water partition coefficient (Wildman–Crippen LogP) is 2.92. The molecule has 0 unspecified atom stereocenters. The molecule has 3 fully saturated rings. The van der Waals surface area contributed by atoms with Gasteiger partial charge in [-0.25, -0.2) is 0 Å². The van der Waals surface area contributed by atoms with Crippen molar-refractivity contribution in [3.63, 3.8) is 0 Å². The Morgan fingerprint density at radius 2 is 1.94 bits per heavy atom. The molecule has 1 atom stereocenters. The number of hydrogen-bond acceptors (Lipinski definition) is 2. The van der Waals surface area contributed by atoms with Gasteiger partial charge in [0.1, 0.15) is 0 Å². The van der Waals surface area contributed by atoms with E-state index in [0.717, 1.165) is 17.6 Å². The highest BCUT2D eigenvalue weighted by atomic mass is 32.2. The fourth-order valence-electron chi connectivity index (χ4n) is 2.59. The maximum absolute atomic E-state index is 12.3. The van der Waals surface area contributed by atoms with Gasteiger partial charge in [-0.3, -0.25) is 4.79 Å². The predicted molar refractivity (Wildman–Crippen MR) is 72.1 cm³/mol. The summed E-state index contributed by atoms with van der Waals surface area (Å²) in [5.41, 5.74) is 0. The first-order valence-electron chi connectivity index (χ1n) is 7.14. The summed E-state index contributed by atoms with van der Waals surface area (Å²) in [7, 11) is 0. The van der Waals surface area contributed by atoms with Gasteiger partial charge in [-0.2, -0.15) is 11.8 Å². The Morgan fingerprint density at radius 3 is 2.47 bits per heavy atom. The fraction of sp³-hybridized carbons (Fsp3) is 0.929. The second-order valence-corrected chi connectivity index (χ2v) is 7.10. The zero-order valence-electron chi connectivity index (χ0n) is 10.7. The van der Waals surface area contributed by atoms with Crippen molar-refractivity contribution >= 4 is 17.7 Å². The van der Waals surface area contributed by atoms with Gasteiger partial charge in [-0.15, -0.1) is 0 Å². The minimum absolute atomic E-state index is 0.414. The number of amides is 1. The van der Waals surface area contributed by atoms with Crippen molar-refractivity contribution in [2.45, 2.75) is 57.5 Å². The number of rotatable bonds is 7. The minimum Gasteiger partial charge on any atom is -0.336 e. The summed E-state index contributed by atoms with van der Waals surface area (Å²) < 4.78 is 0. The molecule has 3 aliphatic carbocycles. The van der Waals surface area contributed by atoms with Crippen LogP contribution in [0.15, 0.2) is 0 Å². The van der Waals surface area contributed by atoms with E-state index in [-0.39, 0.29) is 0 Å². The molecular formula is C14H23NOS. The summed E-state index contributed by atoms with van der Waals surface area (Å²) in [6, 6.07) is 1.11. The molecule has 0 aromatic carbocycles. The van der Waals surface area contributed by atoms with E-state index in [4.69, 9.17) is 0 Å². The Morgan fingerprint density at radius 1 is 1.24 bits per heavy atom. The zero-order valence-corrected chi connectivity index (χ0v) is 11.5. The lowest BCUT2D eigenvalue weighted by molar-refractivity contribution is -0.131. The fourth-order valence-corrected chi connectivity index (χ4v) is 3.70. The summed E-state index contributed by atoms with van der Waals surface area (Å²) >= 11 is 1.86. The number of hydrogen-bond donors (Lipinski definition) is 0. The van der Waals surface area contributed by atoms with E-state index in [2.05, 4.69) is 11.8 Å². The average Bonchev–Trinajstić information content (AvgIpc) is 3.13. The van der Waals surface area contributed by atoms with Crippen LogP contribution in [0, 0.1) is 11.8 Å². The third kappa shape index (κ3) is 3.18. The summed E-state index contributed by atoms with van der Waals surface area (Å²) in [6.45, 7) is 2.26. The lowest BCUT2D eigenvalue weighted by Gasteiger charge is -2.29. The minimum atomic E-state index is 0.414. The summed E-state index contributed by atoms with van der Waals surface area (Å²) in [5, 5.41) is 0. The molecule has 0 aliphatic heterocycles. The molecule has 17 heavy (non-hydrogen) atoms. The summed E-state index contributed by atoms with van der Waals surface area (Å²) in [5.74, 6) is 4.10. The molecule has 3 aliphatic rings. The molecule has 0 aromatic rings. The van der Waals surface area contributed by atoms with Crippen molar-refractivity contribution < 1.29 is 4.79 Å². The first-order valence-corrected chi connectivity index (χ1v) is 8.30. The van der Waals surface area contributed by atoms with Crippen molar-refractivity contribution in [2.24, 2.45) is 11.8 Å². The van der Waals surface area contributed by atoms with Gasteiger partial charge in [-0.05, 0) is 63.0 Å². The van der Waals surface area contributed by atoms with E-state index in [9.17, 15) is 4.79 Å². The normalized spacial score (nSPS) is 25.7. The number of thioether (sulfide) groups is 1. The Kier molecular flexibility index (Phi) is 3.38. The molecule has 0 aromatic heterocycles. The molecule has 2 nitrogen and oxygen atoms in total. The molecule has 0 spiro atoms. The Balaban J connectivity index is 1.48. The molecule has 0 saturated heterocycles. The largest absolute Gasteiger partial charge is 0.336 e. The van der Waals surface area contributed by atoms with Crippen LogP contribution in [0.2, 0.25) is 0 Å². The Bertz CT molecular complexity index is 295. The van der Waals surface area contributed by atoms with E-state index >= 15 is 0 Å². The summed E-state index contributed by atoms with van der Waals surface area (Å²) in [6.07, 6.45) is 7.96. The van der Waals surface area contributed by atoms with Crippen LogP contribution >= 0.6 is 11.8 Å². The average molecular weight is 253 g/mol. The summed E-state index contributed by atoms with van der Waals surface area (Å²) in [4.78, 5) is 14.5. The number of nitrogens with zero attached hydrogens (tertiary/aromatic N) is 1. The third-order valence-corrected chi connectivity index (χ3v) is 5.41. The Hall–Kier alpha value is -0.180.